The highest BCUT2D eigenvalue weighted by Gasteiger charge is 2.32. The lowest BCUT2D eigenvalue weighted by Gasteiger charge is -2.27. The molecule has 1 aromatic rings. The van der Waals surface area contributed by atoms with Crippen LogP contribution in [0.3, 0.4) is 0 Å². The van der Waals surface area contributed by atoms with E-state index in [1.165, 1.54) is 13.1 Å². The van der Waals surface area contributed by atoms with E-state index in [-0.39, 0.29) is 13.1 Å². The molecule has 0 aliphatic rings. The van der Waals surface area contributed by atoms with Gasteiger partial charge in [-0.3, -0.25) is 4.79 Å². The summed E-state index contributed by atoms with van der Waals surface area (Å²) in [5.74, 6) is -0.427. The van der Waals surface area contributed by atoms with Crippen molar-refractivity contribution >= 4 is 12.0 Å². The molecule has 0 aromatic heterocycles. The monoisotopic (exact) mass is 388 g/mol. The van der Waals surface area contributed by atoms with Crippen LogP contribution in [0.25, 0.3) is 0 Å². The Hall–Kier alpha value is -2.25. The molecule has 8 heteroatoms. The van der Waals surface area contributed by atoms with Crippen LogP contribution in [0.4, 0.5) is 18.0 Å². The van der Waals surface area contributed by atoms with Gasteiger partial charge in [-0.15, -0.1) is 0 Å². The largest absolute Gasteiger partial charge is 0.444 e. The quantitative estimate of drug-likeness (QED) is 0.831. The summed E-state index contributed by atoms with van der Waals surface area (Å²) < 4.78 is 43.8. The van der Waals surface area contributed by atoms with E-state index in [0.29, 0.717) is 5.56 Å². The maximum Gasteiger partial charge on any atom is 0.416 e. The van der Waals surface area contributed by atoms with Gasteiger partial charge >= 0.3 is 12.3 Å². The number of hydrogen-bond donors (Lipinski definition) is 1. The highest BCUT2D eigenvalue weighted by atomic mass is 19.4. The van der Waals surface area contributed by atoms with E-state index in [9.17, 15) is 22.8 Å². The molecule has 0 spiro atoms. The molecule has 5 nitrogen and oxygen atoms in total. The number of benzene rings is 1. The van der Waals surface area contributed by atoms with E-state index in [1.54, 1.807) is 40.7 Å². The van der Waals surface area contributed by atoms with E-state index in [2.05, 4.69) is 5.32 Å². The van der Waals surface area contributed by atoms with Crippen molar-refractivity contribution in [2.45, 2.75) is 51.8 Å². The Balaban J connectivity index is 2.68. The maximum atomic E-state index is 12.9. The number of nitrogens with one attached hydrogen (secondary N) is 1. The van der Waals surface area contributed by atoms with Gasteiger partial charge in [0.25, 0.3) is 0 Å². The van der Waals surface area contributed by atoms with Crippen molar-refractivity contribution < 1.29 is 27.5 Å². The molecule has 0 unspecified atom stereocenters. The zero-order chi connectivity index (χ0) is 21.0. The van der Waals surface area contributed by atoms with Crippen LogP contribution in [0, 0.1) is 0 Å². The first-order valence-corrected chi connectivity index (χ1v) is 8.50. The summed E-state index contributed by atoms with van der Waals surface area (Å²) in [4.78, 5) is 25.1. The van der Waals surface area contributed by atoms with Crippen molar-refractivity contribution in [2.75, 3.05) is 20.1 Å². The first-order valence-electron chi connectivity index (χ1n) is 8.50. The maximum absolute atomic E-state index is 12.9. The molecule has 0 aliphatic carbocycles. The minimum atomic E-state index is -4.43. The number of halogens is 3. The van der Waals surface area contributed by atoms with Crippen LogP contribution in [0.5, 0.6) is 0 Å². The van der Waals surface area contributed by atoms with Crippen LogP contribution >= 0.6 is 0 Å². The number of nitrogens with zero attached hydrogens (tertiary/aromatic N) is 1. The SMILES string of the molecule is CN(CC(=O)NCC(C)(C)c1cccc(C(F)(F)F)c1)C(=O)OC(C)(C)C. The Morgan fingerprint density at radius 1 is 1.07 bits per heavy atom. The number of amides is 2. The van der Waals surface area contributed by atoms with E-state index in [1.807, 2.05) is 0 Å². The Bertz CT molecular complexity index is 680. The molecule has 27 heavy (non-hydrogen) atoms. The molecule has 1 aromatic carbocycles. The molecule has 0 saturated carbocycles. The van der Waals surface area contributed by atoms with Gasteiger partial charge in [-0.05, 0) is 32.4 Å². The van der Waals surface area contributed by atoms with E-state index in [0.717, 1.165) is 17.0 Å². The molecule has 2 amide bonds. The lowest BCUT2D eigenvalue weighted by Crippen LogP contribution is -2.44. The highest BCUT2D eigenvalue weighted by molar-refractivity contribution is 5.82. The van der Waals surface area contributed by atoms with Crippen molar-refractivity contribution in [3.05, 3.63) is 35.4 Å². The lowest BCUT2D eigenvalue weighted by atomic mass is 9.83. The first kappa shape index (κ1) is 22.8. The summed E-state index contributed by atoms with van der Waals surface area (Å²) in [7, 11) is 1.44. The summed E-state index contributed by atoms with van der Waals surface area (Å²) in [5.41, 5.74) is -1.67. The molecule has 152 valence electrons. The molecule has 0 saturated heterocycles. The third-order valence-corrected chi connectivity index (χ3v) is 3.78. The fourth-order valence-corrected chi connectivity index (χ4v) is 2.21. The third kappa shape index (κ3) is 7.48. The zero-order valence-corrected chi connectivity index (χ0v) is 16.5. The lowest BCUT2D eigenvalue weighted by molar-refractivity contribution is -0.137. The molecular weight excluding hydrogens is 361 g/mol. The van der Waals surface area contributed by atoms with Crippen molar-refractivity contribution in [1.29, 1.82) is 0 Å². The molecule has 0 heterocycles. The van der Waals surface area contributed by atoms with Crippen molar-refractivity contribution in [3.8, 4) is 0 Å². The van der Waals surface area contributed by atoms with Gasteiger partial charge in [-0.25, -0.2) is 4.79 Å². The number of rotatable bonds is 5. The minimum Gasteiger partial charge on any atom is -0.444 e. The van der Waals surface area contributed by atoms with Gasteiger partial charge in [-0.1, -0.05) is 32.0 Å². The average Bonchev–Trinajstić information content (AvgIpc) is 2.50. The summed E-state index contributed by atoms with van der Waals surface area (Å²) in [6, 6.07) is 5.03. The first-order chi connectivity index (χ1) is 12.1. The van der Waals surface area contributed by atoms with Gasteiger partial charge in [0.05, 0.1) is 5.56 Å². The van der Waals surface area contributed by atoms with Crippen LogP contribution in [0.1, 0.15) is 45.7 Å². The highest BCUT2D eigenvalue weighted by Crippen LogP contribution is 2.32. The number of carbonyl (C=O) groups is 2. The van der Waals surface area contributed by atoms with Gasteiger partial charge in [0.1, 0.15) is 12.1 Å². The predicted octanol–water partition coefficient (Wildman–Crippen LogP) is 3.97. The van der Waals surface area contributed by atoms with Crippen LogP contribution in [0.2, 0.25) is 0 Å². The van der Waals surface area contributed by atoms with E-state index < -0.39 is 34.8 Å². The molecule has 0 atom stereocenters. The second kappa shape index (κ2) is 8.19. The van der Waals surface area contributed by atoms with E-state index >= 15 is 0 Å². The van der Waals surface area contributed by atoms with Crippen LogP contribution in [0.15, 0.2) is 24.3 Å². The summed E-state index contributed by atoms with van der Waals surface area (Å²) >= 11 is 0. The summed E-state index contributed by atoms with van der Waals surface area (Å²) in [6.45, 7) is 8.53. The number of alkyl halides is 3. The molecule has 0 aliphatic heterocycles. The van der Waals surface area contributed by atoms with Crippen LogP contribution in [-0.4, -0.2) is 42.6 Å². The fourth-order valence-electron chi connectivity index (χ4n) is 2.21. The standard InChI is InChI=1S/C19H27F3N2O3/c1-17(2,3)27-16(26)24(6)11-15(25)23-12-18(4,5)13-8-7-9-14(10-13)19(20,21)22/h7-10H,11-12H2,1-6H3,(H,23,25). The average molecular weight is 388 g/mol. The molecule has 1 N–H and O–H groups in total. The van der Waals surface area contributed by atoms with Crippen molar-refractivity contribution in [1.82, 2.24) is 10.2 Å². The fraction of sp³-hybridized carbons (Fsp3) is 0.579. The van der Waals surface area contributed by atoms with Gasteiger partial charge in [0.2, 0.25) is 5.91 Å². The second-order valence-corrected chi connectivity index (χ2v) is 8.08. The second-order valence-electron chi connectivity index (χ2n) is 8.08. The third-order valence-electron chi connectivity index (χ3n) is 3.78. The van der Waals surface area contributed by atoms with Crippen molar-refractivity contribution in [2.24, 2.45) is 0 Å². The van der Waals surface area contributed by atoms with Gasteiger partial charge in [0.15, 0.2) is 0 Å². The topological polar surface area (TPSA) is 58.6 Å². The summed E-state index contributed by atoms with van der Waals surface area (Å²) in [5, 5.41) is 2.66. The van der Waals surface area contributed by atoms with Gasteiger partial charge < -0.3 is 15.0 Å². The number of likely N-dealkylation sites (N-methyl/N-ethyl adjacent to an activating group) is 1. The normalized spacial score (nSPS) is 12.5. The number of carbonyl (C=O) groups excluding carboxylic acids is 2. The molecule has 0 bridgehead atoms. The Kier molecular flexibility index (Phi) is 6.91. The van der Waals surface area contributed by atoms with Crippen molar-refractivity contribution in [3.63, 3.8) is 0 Å². The number of hydrogen-bond acceptors (Lipinski definition) is 3. The van der Waals surface area contributed by atoms with Crippen LogP contribution in [-0.2, 0) is 21.1 Å². The number of ether oxygens (including phenoxy) is 1. The Morgan fingerprint density at radius 2 is 1.63 bits per heavy atom. The van der Waals surface area contributed by atoms with Gasteiger partial charge in [-0.2, -0.15) is 13.2 Å². The zero-order valence-electron chi connectivity index (χ0n) is 16.5. The molecule has 0 radical (unpaired) electrons. The predicted molar refractivity (Wildman–Crippen MR) is 96.3 cm³/mol. The minimum absolute atomic E-state index is 0.120. The van der Waals surface area contributed by atoms with E-state index in [4.69, 9.17) is 4.74 Å². The molecule has 1 rings (SSSR count). The van der Waals surface area contributed by atoms with Gasteiger partial charge in [0, 0.05) is 19.0 Å². The molecular formula is C19H27F3N2O3. The smallest absolute Gasteiger partial charge is 0.416 e. The Morgan fingerprint density at radius 3 is 2.15 bits per heavy atom. The molecule has 0 fully saturated rings. The summed E-state index contributed by atoms with van der Waals surface area (Å²) in [6.07, 6.45) is -5.05. The Labute approximate surface area is 157 Å². The van der Waals surface area contributed by atoms with Crippen LogP contribution < -0.4 is 5.32 Å².